The average Bonchev–Trinajstić information content (AvgIpc) is 3.61. The molecule has 3 aromatic carbocycles. The van der Waals surface area contributed by atoms with Crippen molar-refractivity contribution >= 4 is 22.1 Å². The van der Waals surface area contributed by atoms with Crippen LogP contribution in [0, 0.1) is 0 Å². The SMILES string of the molecule is Cn1cnc2ccc(-c3nc4ccc(C5CC5)cc4n(-c4ccc(OC(F)(F)F)cc4)c3=O)cc21. The molecule has 1 aliphatic carbocycles. The van der Waals surface area contributed by atoms with E-state index >= 15 is 0 Å². The Morgan fingerprint density at radius 1 is 0.943 bits per heavy atom. The van der Waals surface area contributed by atoms with Gasteiger partial charge in [0.05, 0.1) is 28.4 Å². The second kappa shape index (κ2) is 7.69. The van der Waals surface area contributed by atoms with Crippen LogP contribution in [0.2, 0.25) is 0 Å². The highest BCUT2D eigenvalue weighted by molar-refractivity contribution is 5.84. The minimum atomic E-state index is -4.79. The Morgan fingerprint density at radius 3 is 2.40 bits per heavy atom. The van der Waals surface area contributed by atoms with Crippen molar-refractivity contribution < 1.29 is 17.9 Å². The number of aromatic nitrogens is 4. The quantitative estimate of drug-likeness (QED) is 0.333. The third-order valence-electron chi connectivity index (χ3n) is 6.25. The number of rotatable bonds is 4. The Labute approximate surface area is 197 Å². The second-order valence-corrected chi connectivity index (χ2v) is 8.72. The van der Waals surface area contributed by atoms with Gasteiger partial charge in [0.1, 0.15) is 11.4 Å². The van der Waals surface area contributed by atoms with Gasteiger partial charge < -0.3 is 9.30 Å². The Balaban J connectivity index is 1.57. The van der Waals surface area contributed by atoms with Crippen molar-refractivity contribution in [3.63, 3.8) is 0 Å². The van der Waals surface area contributed by atoms with Crippen molar-refractivity contribution in [2.75, 3.05) is 0 Å². The summed E-state index contributed by atoms with van der Waals surface area (Å²) in [6, 6.07) is 16.7. The van der Waals surface area contributed by atoms with E-state index in [1.807, 2.05) is 41.9 Å². The molecule has 0 radical (unpaired) electrons. The van der Waals surface area contributed by atoms with Gasteiger partial charge >= 0.3 is 6.36 Å². The first kappa shape index (κ1) is 21.4. The maximum absolute atomic E-state index is 13.8. The molecular formula is C26H19F3N4O2. The van der Waals surface area contributed by atoms with Crippen LogP contribution in [0.1, 0.15) is 24.3 Å². The molecule has 1 aliphatic rings. The number of nitrogens with zero attached hydrogens (tertiary/aromatic N) is 4. The smallest absolute Gasteiger partial charge is 0.406 e. The van der Waals surface area contributed by atoms with Crippen molar-refractivity contribution in [3.05, 3.63) is 82.9 Å². The van der Waals surface area contributed by atoms with E-state index in [2.05, 4.69) is 9.72 Å². The molecule has 9 heteroatoms. The van der Waals surface area contributed by atoms with E-state index in [1.54, 1.807) is 12.4 Å². The van der Waals surface area contributed by atoms with E-state index in [4.69, 9.17) is 4.98 Å². The van der Waals surface area contributed by atoms with Crippen LogP contribution in [0.3, 0.4) is 0 Å². The lowest BCUT2D eigenvalue weighted by Gasteiger charge is -2.15. The van der Waals surface area contributed by atoms with Crippen molar-refractivity contribution in [2.24, 2.45) is 7.05 Å². The number of benzene rings is 3. The molecule has 0 saturated heterocycles. The van der Waals surface area contributed by atoms with E-state index in [9.17, 15) is 18.0 Å². The van der Waals surface area contributed by atoms with Gasteiger partial charge in [0.2, 0.25) is 0 Å². The van der Waals surface area contributed by atoms with Gasteiger partial charge in [-0.15, -0.1) is 13.2 Å². The summed E-state index contributed by atoms with van der Waals surface area (Å²) in [6.07, 6.45) is -0.909. The third kappa shape index (κ3) is 3.92. The molecule has 1 fully saturated rings. The van der Waals surface area contributed by atoms with Crippen molar-refractivity contribution in [1.82, 2.24) is 19.1 Å². The van der Waals surface area contributed by atoms with Gasteiger partial charge in [-0.2, -0.15) is 0 Å². The molecule has 2 heterocycles. The van der Waals surface area contributed by atoms with E-state index in [0.29, 0.717) is 28.2 Å². The second-order valence-electron chi connectivity index (χ2n) is 8.72. The zero-order valence-corrected chi connectivity index (χ0v) is 18.6. The molecule has 0 amide bonds. The number of halogens is 3. The summed E-state index contributed by atoms with van der Waals surface area (Å²) in [5, 5.41) is 0. The Morgan fingerprint density at radius 2 is 1.69 bits per heavy atom. The van der Waals surface area contributed by atoms with Crippen LogP contribution in [-0.2, 0) is 7.05 Å². The summed E-state index contributed by atoms with van der Waals surface area (Å²) in [7, 11) is 1.87. The summed E-state index contributed by atoms with van der Waals surface area (Å²) >= 11 is 0. The van der Waals surface area contributed by atoms with E-state index in [1.165, 1.54) is 28.8 Å². The summed E-state index contributed by atoms with van der Waals surface area (Å²) < 4.78 is 45.3. The van der Waals surface area contributed by atoms with Crippen LogP contribution in [0.4, 0.5) is 13.2 Å². The number of fused-ring (bicyclic) bond motifs is 2. The molecule has 1 saturated carbocycles. The van der Waals surface area contributed by atoms with Gasteiger partial charge in [-0.3, -0.25) is 9.36 Å². The Hall–Kier alpha value is -4.14. The van der Waals surface area contributed by atoms with Crippen molar-refractivity contribution in [2.45, 2.75) is 25.1 Å². The molecule has 2 aromatic heterocycles. The van der Waals surface area contributed by atoms with E-state index < -0.39 is 6.36 Å². The molecule has 176 valence electrons. The Bertz CT molecular complexity index is 1650. The monoisotopic (exact) mass is 476 g/mol. The molecule has 0 bridgehead atoms. The minimum absolute atomic E-state index is 0.246. The summed E-state index contributed by atoms with van der Waals surface area (Å²) in [6.45, 7) is 0. The standard InChI is InChI=1S/C26H19F3N4O2/c1-32-14-30-20-10-5-17(13-22(20)32)24-25(34)33(18-6-8-19(9-7-18)35-26(27,28)29)23-12-16(15-2-3-15)4-11-21(23)31-24/h4-15H,2-3H2,1H3. The fraction of sp³-hybridized carbons (Fsp3) is 0.192. The molecule has 6 rings (SSSR count). The molecule has 0 unspecified atom stereocenters. The predicted molar refractivity (Wildman–Crippen MR) is 126 cm³/mol. The van der Waals surface area contributed by atoms with Gasteiger partial charge in [-0.1, -0.05) is 12.1 Å². The third-order valence-corrected chi connectivity index (χ3v) is 6.25. The maximum Gasteiger partial charge on any atom is 0.573 e. The first-order valence-electron chi connectivity index (χ1n) is 11.1. The van der Waals surface area contributed by atoms with Gasteiger partial charge in [0, 0.05) is 18.3 Å². The van der Waals surface area contributed by atoms with Crippen LogP contribution in [0.5, 0.6) is 5.75 Å². The largest absolute Gasteiger partial charge is 0.573 e. The molecule has 0 aliphatic heterocycles. The molecular weight excluding hydrogens is 457 g/mol. The molecule has 5 aromatic rings. The zero-order valence-electron chi connectivity index (χ0n) is 18.6. The summed E-state index contributed by atoms with van der Waals surface area (Å²) in [5.41, 5.74) is 4.93. The summed E-state index contributed by atoms with van der Waals surface area (Å²) in [4.78, 5) is 22.8. The van der Waals surface area contributed by atoms with E-state index in [-0.39, 0.29) is 17.0 Å². The normalized spacial score (nSPS) is 14.1. The van der Waals surface area contributed by atoms with Gasteiger partial charge in [-0.05, 0) is 72.9 Å². The van der Waals surface area contributed by atoms with Crippen LogP contribution in [0.15, 0.2) is 71.8 Å². The van der Waals surface area contributed by atoms with Crippen LogP contribution < -0.4 is 10.3 Å². The van der Waals surface area contributed by atoms with Gasteiger partial charge in [0.25, 0.3) is 5.56 Å². The molecule has 35 heavy (non-hydrogen) atoms. The average molecular weight is 476 g/mol. The topological polar surface area (TPSA) is 61.9 Å². The van der Waals surface area contributed by atoms with Crippen molar-refractivity contribution in [3.8, 4) is 22.7 Å². The van der Waals surface area contributed by atoms with Crippen molar-refractivity contribution in [1.29, 1.82) is 0 Å². The Kier molecular flexibility index (Phi) is 4.70. The molecule has 6 nitrogen and oxygen atoms in total. The van der Waals surface area contributed by atoms with Crippen LogP contribution in [-0.4, -0.2) is 25.5 Å². The number of hydrogen-bond donors (Lipinski definition) is 0. The van der Waals surface area contributed by atoms with Gasteiger partial charge in [0.15, 0.2) is 0 Å². The number of alkyl halides is 3. The highest BCUT2D eigenvalue weighted by atomic mass is 19.4. The number of ether oxygens (including phenoxy) is 1. The minimum Gasteiger partial charge on any atom is -0.406 e. The number of hydrogen-bond acceptors (Lipinski definition) is 4. The number of aryl methyl sites for hydroxylation is 1. The maximum atomic E-state index is 13.8. The molecule has 0 atom stereocenters. The highest BCUT2D eigenvalue weighted by Gasteiger charge is 2.31. The number of imidazole rings is 1. The van der Waals surface area contributed by atoms with Crippen LogP contribution >= 0.6 is 0 Å². The lowest BCUT2D eigenvalue weighted by atomic mass is 10.1. The lowest BCUT2D eigenvalue weighted by Crippen LogP contribution is -2.22. The first-order chi connectivity index (χ1) is 16.8. The van der Waals surface area contributed by atoms with E-state index in [0.717, 1.165) is 29.4 Å². The summed E-state index contributed by atoms with van der Waals surface area (Å²) in [5.74, 6) is 0.102. The zero-order chi connectivity index (χ0) is 24.3. The lowest BCUT2D eigenvalue weighted by molar-refractivity contribution is -0.274. The van der Waals surface area contributed by atoms with Crippen LogP contribution in [0.25, 0.3) is 39.0 Å². The van der Waals surface area contributed by atoms with Gasteiger partial charge in [-0.25, -0.2) is 9.97 Å². The molecule has 0 N–H and O–H groups in total. The predicted octanol–water partition coefficient (Wildman–Crippen LogP) is 5.72. The highest BCUT2D eigenvalue weighted by Crippen LogP contribution is 2.41. The fourth-order valence-corrected chi connectivity index (χ4v) is 4.38. The molecule has 0 spiro atoms. The first-order valence-corrected chi connectivity index (χ1v) is 11.1. The fourth-order valence-electron chi connectivity index (χ4n) is 4.38.